The number of carbonyl (C=O) groups is 1. The lowest BCUT2D eigenvalue weighted by Gasteiger charge is -2.25. The molecule has 1 atom stereocenters. The lowest BCUT2D eigenvalue weighted by atomic mass is 9.77. The van der Waals surface area contributed by atoms with Crippen molar-refractivity contribution in [1.82, 2.24) is 0 Å². The van der Waals surface area contributed by atoms with Gasteiger partial charge in [-0.2, -0.15) is 0 Å². The average Bonchev–Trinajstić information content (AvgIpc) is 2.77. The molecule has 1 aliphatic heterocycles. The van der Waals surface area contributed by atoms with Gasteiger partial charge in [0, 0.05) is 0 Å². The Balaban J connectivity index is 2.05. The maximum absolute atomic E-state index is 11.5. The van der Waals surface area contributed by atoms with Crippen LogP contribution >= 0.6 is 0 Å². The molecule has 1 heterocycles. The summed E-state index contributed by atoms with van der Waals surface area (Å²) in [5.74, 6) is 0.554. The smallest absolute Gasteiger partial charge is 0.340 e. The largest absolute Gasteiger partial charge is 0.467 e. The molecule has 1 spiro atoms. The van der Waals surface area contributed by atoms with Gasteiger partial charge in [-0.15, -0.1) is 0 Å². The van der Waals surface area contributed by atoms with Crippen LogP contribution in [0, 0.1) is 5.92 Å². The van der Waals surface area contributed by atoms with Crippen molar-refractivity contribution in [2.75, 3.05) is 7.11 Å². The van der Waals surface area contributed by atoms with E-state index < -0.39 is 5.60 Å². The van der Waals surface area contributed by atoms with Crippen LogP contribution < -0.4 is 0 Å². The Morgan fingerprint density at radius 1 is 1.43 bits per heavy atom. The highest BCUT2D eigenvalue weighted by Gasteiger charge is 2.72. The normalized spacial score (nSPS) is 46.4. The minimum Gasteiger partial charge on any atom is -0.467 e. The summed E-state index contributed by atoms with van der Waals surface area (Å²) in [4.78, 5) is 11.5. The first kappa shape index (κ1) is 9.97. The standard InChI is InChI=1S/C11H18O3/c1-8-4-6-11(7-5-8)10(2,14-11)9(12)13-3/h8H,4-7H2,1-3H3. The molecular weight excluding hydrogens is 180 g/mol. The van der Waals surface area contributed by atoms with E-state index in [9.17, 15) is 4.79 Å². The van der Waals surface area contributed by atoms with Gasteiger partial charge in [0.2, 0.25) is 0 Å². The first-order chi connectivity index (χ1) is 6.54. The van der Waals surface area contributed by atoms with Crippen molar-refractivity contribution in [3.63, 3.8) is 0 Å². The van der Waals surface area contributed by atoms with Gasteiger partial charge in [-0.1, -0.05) is 6.92 Å². The summed E-state index contributed by atoms with van der Waals surface area (Å²) in [6, 6.07) is 0. The Labute approximate surface area is 84.8 Å². The zero-order valence-electron chi connectivity index (χ0n) is 9.13. The van der Waals surface area contributed by atoms with Crippen molar-refractivity contribution in [2.24, 2.45) is 5.92 Å². The number of epoxide rings is 1. The molecule has 14 heavy (non-hydrogen) atoms. The third kappa shape index (κ3) is 1.18. The summed E-state index contributed by atoms with van der Waals surface area (Å²) in [5, 5.41) is 0. The predicted octanol–water partition coefficient (Wildman–Crippen LogP) is 1.90. The highest BCUT2D eigenvalue weighted by molar-refractivity contribution is 5.84. The van der Waals surface area contributed by atoms with Crippen molar-refractivity contribution >= 4 is 5.97 Å². The first-order valence-corrected chi connectivity index (χ1v) is 5.33. The molecule has 3 nitrogen and oxygen atoms in total. The van der Waals surface area contributed by atoms with Gasteiger partial charge in [-0.3, -0.25) is 0 Å². The molecular formula is C11H18O3. The van der Waals surface area contributed by atoms with Gasteiger partial charge in [-0.25, -0.2) is 4.79 Å². The van der Waals surface area contributed by atoms with E-state index in [4.69, 9.17) is 9.47 Å². The fraction of sp³-hybridized carbons (Fsp3) is 0.909. The van der Waals surface area contributed by atoms with Crippen LogP contribution in [-0.2, 0) is 14.3 Å². The van der Waals surface area contributed by atoms with Gasteiger partial charge in [0.1, 0.15) is 5.60 Å². The number of hydrogen-bond acceptors (Lipinski definition) is 3. The minimum atomic E-state index is -0.651. The van der Waals surface area contributed by atoms with E-state index in [2.05, 4.69) is 6.92 Å². The molecule has 1 unspecified atom stereocenters. The topological polar surface area (TPSA) is 38.8 Å². The molecule has 2 rings (SSSR count). The molecule has 0 aromatic heterocycles. The number of rotatable bonds is 1. The lowest BCUT2D eigenvalue weighted by Crippen LogP contribution is -2.35. The summed E-state index contributed by atoms with van der Waals surface area (Å²) in [6.07, 6.45) is 4.32. The summed E-state index contributed by atoms with van der Waals surface area (Å²) in [6.45, 7) is 4.11. The van der Waals surface area contributed by atoms with E-state index in [0.717, 1.165) is 31.6 Å². The van der Waals surface area contributed by atoms with Crippen LogP contribution in [0.15, 0.2) is 0 Å². The molecule has 1 saturated carbocycles. The first-order valence-electron chi connectivity index (χ1n) is 5.33. The molecule has 2 aliphatic rings. The lowest BCUT2D eigenvalue weighted by molar-refractivity contribution is -0.146. The molecule has 0 amide bonds. The predicted molar refractivity (Wildman–Crippen MR) is 51.9 cm³/mol. The number of esters is 1. The van der Waals surface area contributed by atoms with Gasteiger partial charge < -0.3 is 9.47 Å². The van der Waals surface area contributed by atoms with Crippen LogP contribution in [0.25, 0.3) is 0 Å². The summed E-state index contributed by atoms with van der Waals surface area (Å²) >= 11 is 0. The molecule has 3 heteroatoms. The van der Waals surface area contributed by atoms with Crippen LogP contribution in [0.5, 0.6) is 0 Å². The maximum atomic E-state index is 11.5. The van der Waals surface area contributed by atoms with Gasteiger partial charge in [-0.05, 0) is 38.5 Å². The number of hydrogen-bond donors (Lipinski definition) is 0. The van der Waals surface area contributed by atoms with E-state index in [0.29, 0.717) is 0 Å². The summed E-state index contributed by atoms with van der Waals surface area (Å²) in [7, 11) is 1.43. The number of carbonyl (C=O) groups excluding carboxylic acids is 1. The average molecular weight is 198 g/mol. The fourth-order valence-electron chi connectivity index (χ4n) is 2.60. The van der Waals surface area contributed by atoms with Crippen LogP contribution in [0.1, 0.15) is 39.5 Å². The van der Waals surface area contributed by atoms with E-state index in [1.807, 2.05) is 6.92 Å². The minimum absolute atomic E-state index is 0.188. The number of ether oxygens (including phenoxy) is 2. The SMILES string of the molecule is COC(=O)C1(C)OC12CCC(C)CC2. The van der Waals surface area contributed by atoms with Crippen molar-refractivity contribution in [2.45, 2.75) is 50.7 Å². The fourth-order valence-corrected chi connectivity index (χ4v) is 2.60. The Morgan fingerprint density at radius 3 is 2.50 bits per heavy atom. The van der Waals surface area contributed by atoms with E-state index >= 15 is 0 Å². The Morgan fingerprint density at radius 2 is 2.00 bits per heavy atom. The Kier molecular flexibility index (Phi) is 2.11. The summed E-state index contributed by atoms with van der Waals surface area (Å²) < 4.78 is 10.4. The molecule has 80 valence electrons. The molecule has 1 saturated heterocycles. The number of methoxy groups -OCH3 is 1. The molecule has 0 radical (unpaired) electrons. The maximum Gasteiger partial charge on any atom is 0.340 e. The Hall–Kier alpha value is -0.570. The van der Waals surface area contributed by atoms with Gasteiger partial charge in [0.05, 0.1) is 7.11 Å². The van der Waals surface area contributed by atoms with Crippen LogP contribution in [-0.4, -0.2) is 24.3 Å². The zero-order chi connectivity index (χ0) is 10.4. The van der Waals surface area contributed by atoms with Gasteiger partial charge in [0.25, 0.3) is 0 Å². The summed E-state index contributed by atoms with van der Waals surface area (Å²) in [5.41, 5.74) is -0.839. The van der Waals surface area contributed by atoms with E-state index in [1.54, 1.807) is 0 Å². The van der Waals surface area contributed by atoms with Crippen LogP contribution in [0.4, 0.5) is 0 Å². The van der Waals surface area contributed by atoms with Crippen LogP contribution in [0.3, 0.4) is 0 Å². The van der Waals surface area contributed by atoms with Crippen molar-refractivity contribution in [3.05, 3.63) is 0 Å². The third-order valence-corrected chi connectivity index (χ3v) is 3.88. The van der Waals surface area contributed by atoms with Crippen molar-refractivity contribution in [1.29, 1.82) is 0 Å². The molecule has 0 N–H and O–H groups in total. The molecule has 1 aliphatic carbocycles. The molecule has 0 aromatic carbocycles. The molecule has 0 aromatic rings. The van der Waals surface area contributed by atoms with E-state index in [1.165, 1.54) is 7.11 Å². The molecule has 2 fully saturated rings. The van der Waals surface area contributed by atoms with E-state index in [-0.39, 0.29) is 11.6 Å². The highest BCUT2D eigenvalue weighted by Crippen LogP contribution is 2.57. The zero-order valence-corrected chi connectivity index (χ0v) is 9.13. The highest BCUT2D eigenvalue weighted by atomic mass is 16.7. The van der Waals surface area contributed by atoms with Crippen molar-refractivity contribution in [3.8, 4) is 0 Å². The van der Waals surface area contributed by atoms with Crippen LogP contribution in [0.2, 0.25) is 0 Å². The second kappa shape index (κ2) is 2.96. The monoisotopic (exact) mass is 198 g/mol. The second-order valence-electron chi connectivity index (χ2n) is 4.80. The third-order valence-electron chi connectivity index (χ3n) is 3.88. The van der Waals surface area contributed by atoms with Crippen molar-refractivity contribution < 1.29 is 14.3 Å². The quantitative estimate of drug-likeness (QED) is 0.477. The van der Waals surface area contributed by atoms with Gasteiger partial charge >= 0.3 is 5.97 Å². The van der Waals surface area contributed by atoms with Gasteiger partial charge in [0.15, 0.2) is 5.60 Å². The molecule has 0 bridgehead atoms. The second-order valence-corrected chi connectivity index (χ2v) is 4.80. The Bertz CT molecular complexity index is 253.